The molecule has 0 saturated carbocycles. The zero-order valence-corrected chi connectivity index (χ0v) is 18.7. The molecule has 0 radical (unpaired) electrons. The molecule has 0 bridgehead atoms. The van der Waals surface area contributed by atoms with Crippen molar-refractivity contribution in [2.75, 3.05) is 10.6 Å². The van der Waals surface area contributed by atoms with Crippen LogP contribution in [0.1, 0.15) is 0 Å². The Morgan fingerprint density at radius 2 is 0.647 bits per heavy atom. The van der Waals surface area contributed by atoms with Gasteiger partial charge in [0.2, 0.25) is 0 Å². The van der Waals surface area contributed by atoms with Crippen molar-refractivity contribution < 1.29 is 0 Å². The summed E-state index contributed by atoms with van der Waals surface area (Å²) in [5, 5.41) is 12.0. The molecular formula is C32H24N2. The van der Waals surface area contributed by atoms with Crippen LogP contribution in [-0.4, -0.2) is 0 Å². The van der Waals surface area contributed by atoms with Crippen molar-refractivity contribution in [3.05, 3.63) is 133 Å². The lowest BCUT2D eigenvalue weighted by atomic mass is 10.0. The van der Waals surface area contributed by atoms with E-state index in [-0.39, 0.29) is 0 Å². The van der Waals surface area contributed by atoms with Gasteiger partial charge in [-0.05, 0) is 81.2 Å². The molecule has 0 fully saturated rings. The van der Waals surface area contributed by atoms with E-state index in [1.807, 2.05) is 0 Å². The minimum atomic E-state index is 1.08. The summed E-state index contributed by atoms with van der Waals surface area (Å²) in [4.78, 5) is 0. The fraction of sp³-hybridized carbons (Fsp3) is 0. The first-order valence-corrected chi connectivity index (χ1v) is 11.5. The van der Waals surface area contributed by atoms with Crippen molar-refractivity contribution in [3.63, 3.8) is 0 Å². The summed E-state index contributed by atoms with van der Waals surface area (Å²) in [7, 11) is 0. The van der Waals surface area contributed by atoms with E-state index in [2.05, 4.69) is 144 Å². The van der Waals surface area contributed by atoms with Gasteiger partial charge < -0.3 is 10.6 Å². The fourth-order valence-electron chi connectivity index (χ4n) is 4.36. The van der Waals surface area contributed by atoms with Crippen LogP contribution in [0.4, 0.5) is 22.7 Å². The van der Waals surface area contributed by atoms with Gasteiger partial charge in [-0.1, -0.05) is 84.9 Å². The molecule has 0 aliphatic heterocycles. The van der Waals surface area contributed by atoms with Crippen LogP contribution in [0.25, 0.3) is 32.7 Å². The van der Waals surface area contributed by atoms with Gasteiger partial charge in [0.25, 0.3) is 0 Å². The fourth-order valence-corrected chi connectivity index (χ4v) is 4.36. The summed E-state index contributed by atoms with van der Waals surface area (Å²) in [6.45, 7) is 0. The molecule has 6 aromatic rings. The number of rotatable bonds is 5. The topological polar surface area (TPSA) is 24.1 Å². The molecule has 6 aromatic carbocycles. The molecule has 0 atom stereocenters. The average Bonchev–Trinajstić information content (AvgIpc) is 2.89. The highest BCUT2D eigenvalue weighted by Gasteiger charge is 2.02. The van der Waals surface area contributed by atoms with E-state index >= 15 is 0 Å². The van der Waals surface area contributed by atoms with Crippen LogP contribution in [0.2, 0.25) is 0 Å². The SMILES string of the molecule is c1ccc2cc(Nc3ccc(-c4ccc(Nc5ccc6ccccc6c5)cc4)cc3)ccc2c1. The van der Waals surface area contributed by atoms with E-state index < -0.39 is 0 Å². The lowest BCUT2D eigenvalue weighted by Crippen LogP contribution is -1.91. The smallest absolute Gasteiger partial charge is 0.0390 e. The molecule has 0 aromatic heterocycles. The third-order valence-electron chi connectivity index (χ3n) is 6.18. The van der Waals surface area contributed by atoms with Crippen molar-refractivity contribution in [2.45, 2.75) is 0 Å². The van der Waals surface area contributed by atoms with E-state index in [9.17, 15) is 0 Å². The van der Waals surface area contributed by atoms with Gasteiger partial charge in [0.15, 0.2) is 0 Å². The van der Waals surface area contributed by atoms with Crippen molar-refractivity contribution in [3.8, 4) is 11.1 Å². The standard InChI is InChI=1S/C32H24N2/c1-3-7-27-21-31(19-13-23(27)5-1)33-29-15-9-25(10-16-29)26-11-17-30(18-12-26)34-32-20-14-24-6-2-4-8-28(24)22-32/h1-22,33-34H. The highest BCUT2D eigenvalue weighted by atomic mass is 14.9. The van der Waals surface area contributed by atoms with Gasteiger partial charge in [-0.25, -0.2) is 0 Å². The van der Waals surface area contributed by atoms with E-state index in [1.165, 1.54) is 32.7 Å². The van der Waals surface area contributed by atoms with Gasteiger partial charge in [0.1, 0.15) is 0 Å². The molecule has 2 N–H and O–H groups in total. The van der Waals surface area contributed by atoms with Crippen molar-refractivity contribution >= 4 is 44.3 Å². The second kappa shape index (κ2) is 8.76. The minimum Gasteiger partial charge on any atom is -0.356 e. The first-order valence-electron chi connectivity index (χ1n) is 11.5. The second-order valence-electron chi connectivity index (χ2n) is 8.53. The van der Waals surface area contributed by atoms with Crippen LogP contribution in [0.15, 0.2) is 133 Å². The Morgan fingerprint density at radius 1 is 0.294 bits per heavy atom. The summed E-state index contributed by atoms with van der Waals surface area (Å²) in [6, 6.07) is 46.9. The van der Waals surface area contributed by atoms with Gasteiger partial charge in [0.05, 0.1) is 0 Å². The monoisotopic (exact) mass is 436 g/mol. The number of anilines is 4. The Bertz CT molecular complexity index is 1460. The van der Waals surface area contributed by atoms with Crippen LogP contribution < -0.4 is 10.6 Å². The number of nitrogens with one attached hydrogen (secondary N) is 2. The lowest BCUT2D eigenvalue weighted by molar-refractivity contribution is 1.54. The van der Waals surface area contributed by atoms with Gasteiger partial charge in [-0.2, -0.15) is 0 Å². The summed E-state index contributed by atoms with van der Waals surface area (Å²) in [5.41, 5.74) is 6.73. The normalized spacial score (nSPS) is 10.9. The van der Waals surface area contributed by atoms with Crippen molar-refractivity contribution in [1.82, 2.24) is 0 Å². The molecule has 34 heavy (non-hydrogen) atoms. The first kappa shape index (κ1) is 20.1. The summed E-state index contributed by atoms with van der Waals surface area (Å²) >= 11 is 0. The van der Waals surface area contributed by atoms with Gasteiger partial charge in [-0.3, -0.25) is 0 Å². The third kappa shape index (κ3) is 4.22. The largest absolute Gasteiger partial charge is 0.356 e. The molecule has 0 unspecified atom stereocenters. The van der Waals surface area contributed by atoms with Crippen LogP contribution in [0.5, 0.6) is 0 Å². The number of hydrogen-bond donors (Lipinski definition) is 2. The predicted molar refractivity (Wildman–Crippen MR) is 146 cm³/mol. The van der Waals surface area contributed by atoms with Crippen LogP contribution >= 0.6 is 0 Å². The van der Waals surface area contributed by atoms with Crippen LogP contribution in [0.3, 0.4) is 0 Å². The second-order valence-corrected chi connectivity index (χ2v) is 8.53. The summed E-state index contributed by atoms with van der Waals surface area (Å²) < 4.78 is 0. The molecule has 0 amide bonds. The number of benzene rings is 6. The Kier molecular flexibility index (Phi) is 5.17. The van der Waals surface area contributed by atoms with Crippen molar-refractivity contribution in [1.29, 1.82) is 0 Å². The maximum Gasteiger partial charge on any atom is 0.0390 e. The van der Waals surface area contributed by atoms with Crippen LogP contribution in [-0.2, 0) is 0 Å². The molecule has 162 valence electrons. The maximum absolute atomic E-state index is 3.51. The van der Waals surface area contributed by atoms with Gasteiger partial charge in [0, 0.05) is 22.7 Å². The quantitative estimate of drug-likeness (QED) is 0.281. The maximum atomic E-state index is 3.51. The number of fused-ring (bicyclic) bond motifs is 2. The number of hydrogen-bond acceptors (Lipinski definition) is 2. The molecule has 0 aliphatic carbocycles. The summed E-state index contributed by atoms with van der Waals surface area (Å²) in [5.74, 6) is 0. The van der Waals surface area contributed by atoms with Gasteiger partial charge >= 0.3 is 0 Å². The Labute approximate surface area is 199 Å². The zero-order valence-electron chi connectivity index (χ0n) is 18.7. The molecular weight excluding hydrogens is 412 g/mol. The Morgan fingerprint density at radius 3 is 1.06 bits per heavy atom. The molecule has 2 heteroatoms. The van der Waals surface area contributed by atoms with Gasteiger partial charge in [-0.15, -0.1) is 0 Å². The van der Waals surface area contributed by atoms with E-state index in [4.69, 9.17) is 0 Å². The Hall–Kier alpha value is -4.56. The molecule has 0 saturated heterocycles. The predicted octanol–water partition coefficient (Wildman–Crippen LogP) is 9.15. The molecule has 0 heterocycles. The molecule has 6 rings (SSSR count). The third-order valence-corrected chi connectivity index (χ3v) is 6.18. The molecule has 0 spiro atoms. The van der Waals surface area contributed by atoms with E-state index in [0.29, 0.717) is 0 Å². The van der Waals surface area contributed by atoms with Crippen molar-refractivity contribution in [2.24, 2.45) is 0 Å². The Balaban J connectivity index is 1.15. The molecule has 0 aliphatic rings. The molecule has 2 nitrogen and oxygen atoms in total. The highest BCUT2D eigenvalue weighted by molar-refractivity contribution is 5.87. The highest BCUT2D eigenvalue weighted by Crippen LogP contribution is 2.28. The van der Waals surface area contributed by atoms with E-state index in [0.717, 1.165) is 22.7 Å². The zero-order chi connectivity index (χ0) is 22.7. The first-order chi connectivity index (χ1) is 16.8. The lowest BCUT2D eigenvalue weighted by Gasteiger charge is -2.10. The minimum absolute atomic E-state index is 1.08. The van der Waals surface area contributed by atoms with E-state index in [1.54, 1.807) is 0 Å². The summed E-state index contributed by atoms with van der Waals surface area (Å²) in [6.07, 6.45) is 0. The van der Waals surface area contributed by atoms with Crippen LogP contribution in [0, 0.1) is 0 Å². The average molecular weight is 437 g/mol.